The van der Waals surface area contributed by atoms with Crippen LogP contribution in [0.3, 0.4) is 0 Å². The second kappa shape index (κ2) is 7.09. The van der Waals surface area contributed by atoms with Crippen LogP contribution in [0.4, 0.5) is 5.69 Å². The minimum absolute atomic E-state index is 0.184. The monoisotopic (exact) mass is 415 g/mol. The lowest BCUT2D eigenvalue weighted by Gasteiger charge is -2.29. The third-order valence-electron chi connectivity index (χ3n) is 5.92. The van der Waals surface area contributed by atoms with Gasteiger partial charge in [0.05, 0.1) is 17.7 Å². The van der Waals surface area contributed by atoms with Crippen molar-refractivity contribution in [3.63, 3.8) is 0 Å². The summed E-state index contributed by atoms with van der Waals surface area (Å²) in [6.45, 7) is 0.332. The zero-order valence-electron chi connectivity index (χ0n) is 17.0. The fourth-order valence-corrected chi connectivity index (χ4v) is 4.34. The molecule has 1 saturated heterocycles. The second-order valence-electron chi connectivity index (χ2n) is 7.95. The molecule has 3 N–H and O–H groups in total. The summed E-state index contributed by atoms with van der Waals surface area (Å²) in [5.41, 5.74) is 11.6. The van der Waals surface area contributed by atoms with Crippen LogP contribution in [0.1, 0.15) is 28.8 Å². The molecule has 3 amide bonds. The summed E-state index contributed by atoms with van der Waals surface area (Å²) in [5, 5.41) is 2.33. The van der Waals surface area contributed by atoms with Gasteiger partial charge in [0.2, 0.25) is 11.8 Å². The summed E-state index contributed by atoms with van der Waals surface area (Å²) in [4.78, 5) is 42.8. The molecule has 1 atom stereocenters. The first-order valence-corrected chi connectivity index (χ1v) is 10.1. The van der Waals surface area contributed by atoms with Gasteiger partial charge in [-0.1, -0.05) is 18.2 Å². The average molecular weight is 415 g/mol. The van der Waals surface area contributed by atoms with Gasteiger partial charge in [0, 0.05) is 42.4 Å². The predicted molar refractivity (Wildman–Crippen MR) is 115 cm³/mol. The topological polar surface area (TPSA) is 110 Å². The maximum Gasteiger partial charge on any atom is 0.255 e. The van der Waals surface area contributed by atoms with Crippen LogP contribution in [-0.2, 0) is 23.2 Å². The number of amides is 3. The Balaban J connectivity index is 1.49. The Kier molecular flexibility index (Phi) is 4.35. The van der Waals surface area contributed by atoms with Crippen LogP contribution in [-0.4, -0.2) is 38.2 Å². The van der Waals surface area contributed by atoms with Gasteiger partial charge in [-0.2, -0.15) is 0 Å². The first-order valence-electron chi connectivity index (χ1n) is 10.1. The molecule has 156 valence electrons. The number of carbonyl (C=O) groups excluding carboxylic acids is 3. The van der Waals surface area contributed by atoms with Crippen LogP contribution in [0.2, 0.25) is 0 Å². The highest BCUT2D eigenvalue weighted by Crippen LogP contribution is 2.35. The lowest BCUT2D eigenvalue weighted by molar-refractivity contribution is -0.136. The van der Waals surface area contributed by atoms with Crippen LogP contribution in [0, 0.1) is 0 Å². The maximum atomic E-state index is 12.9. The van der Waals surface area contributed by atoms with Gasteiger partial charge in [0.1, 0.15) is 6.04 Å². The third-order valence-corrected chi connectivity index (χ3v) is 5.92. The maximum absolute atomic E-state index is 12.9. The number of anilines is 1. The number of aryl methyl sites for hydroxylation is 1. The summed E-state index contributed by atoms with van der Waals surface area (Å²) in [7, 11) is 1.93. The number of imidazole rings is 1. The first-order chi connectivity index (χ1) is 14.9. The Labute approximate surface area is 178 Å². The van der Waals surface area contributed by atoms with Crippen molar-refractivity contribution >= 4 is 23.4 Å². The van der Waals surface area contributed by atoms with Gasteiger partial charge >= 0.3 is 0 Å². The highest BCUT2D eigenvalue weighted by molar-refractivity contribution is 6.05. The fraction of sp³-hybridized carbons (Fsp3) is 0.217. The number of hydrogen-bond acceptors (Lipinski definition) is 5. The molecule has 5 rings (SSSR count). The molecule has 0 aliphatic carbocycles. The molecule has 0 bridgehead atoms. The lowest BCUT2D eigenvalue weighted by Crippen LogP contribution is -2.52. The van der Waals surface area contributed by atoms with E-state index < -0.39 is 11.9 Å². The lowest BCUT2D eigenvalue weighted by atomic mass is 10.0. The molecular formula is C23H21N5O3. The molecule has 1 unspecified atom stereocenters. The number of rotatable bonds is 3. The summed E-state index contributed by atoms with van der Waals surface area (Å²) in [6, 6.07) is 12.6. The molecule has 2 aromatic carbocycles. The Morgan fingerprint density at radius 2 is 1.81 bits per heavy atom. The van der Waals surface area contributed by atoms with E-state index in [4.69, 9.17) is 5.73 Å². The number of carbonyl (C=O) groups is 3. The van der Waals surface area contributed by atoms with Gasteiger partial charge in [0.15, 0.2) is 0 Å². The molecule has 3 heterocycles. The van der Waals surface area contributed by atoms with Crippen LogP contribution in [0.15, 0.2) is 48.8 Å². The van der Waals surface area contributed by atoms with E-state index in [1.165, 1.54) is 0 Å². The largest absolute Gasteiger partial charge is 0.399 e. The van der Waals surface area contributed by atoms with Crippen molar-refractivity contribution in [3.8, 4) is 22.5 Å². The Morgan fingerprint density at radius 3 is 2.55 bits per heavy atom. The highest BCUT2D eigenvalue weighted by Gasteiger charge is 2.39. The van der Waals surface area contributed by atoms with Crippen molar-refractivity contribution in [3.05, 3.63) is 59.9 Å². The van der Waals surface area contributed by atoms with Crippen LogP contribution >= 0.6 is 0 Å². The molecule has 2 aliphatic heterocycles. The summed E-state index contributed by atoms with van der Waals surface area (Å²) < 4.78 is 1.95. The van der Waals surface area contributed by atoms with E-state index in [0.717, 1.165) is 28.1 Å². The minimum Gasteiger partial charge on any atom is -0.399 e. The fourth-order valence-electron chi connectivity index (χ4n) is 4.34. The molecule has 0 radical (unpaired) electrons. The van der Waals surface area contributed by atoms with Gasteiger partial charge in [-0.25, -0.2) is 4.98 Å². The zero-order valence-corrected chi connectivity index (χ0v) is 17.0. The highest BCUT2D eigenvalue weighted by atomic mass is 16.2. The summed E-state index contributed by atoms with van der Waals surface area (Å²) in [6.07, 6.45) is 2.34. The quantitative estimate of drug-likeness (QED) is 0.503. The standard InChI is InChI=1S/C23H21N5O3/c1-27-12-25-20(21(27)13-2-5-16(24)6-3-13)14-4-7-17-15(10-14)11-28(23(17)31)18-8-9-19(29)26-22(18)30/h2-7,10,12,18H,8-9,11,24H2,1H3,(H,26,29,30). The van der Waals surface area contributed by atoms with Gasteiger partial charge in [-0.3, -0.25) is 19.7 Å². The van der Waals surface area contributed by atoms with Crippen LogP contribution < -0.4 is 11.1 Å². The van der Waals surface area contributed by atoms with Crippen molar-refractivity contribution in [2.75, 3.05) is 5.73 Å². The van der Waals surface area contributed by atoms with Gasteiger partial charge < -0.3 is 15.2 Å². The average Bonchev–Trinajstić information content (AvgIpc) is 3.28. The van der Waals surface area contributed by atoms with Crippen molar-refractivity contribution < 1.29 is 14.4 Å². The first kappa shape index (κ1) is 19.0. The number of nitrogens with two attached hydrogens (primary N) is 1. The predicted octanol–water partition coefficient (Wildman–Crippen LogP) is 2.10. The molecule has 2 aliphatic rings. The number of benzene rings is 2. The van der Waals surface area contributed by atoms with Crippen LogP contribution in [0.5, 0.6) is 0 Å². The number of hydrogen-bond donors (Lipinski definition) is 2. The van der Waals surface area contributed by atoms with E-state index in [1.807, 2.05) is 48.0 Å². The van der Waals surface area contributed by atoms with E-state index in [1.54, 1.807) is 17.3 Å². The second-order valence-corrected chi connectivity index (χ2v) is 7.95. The third kappa shape index (κ3) is 3.16. The molecular weight excluding hydrogens is 394 g/mol. The molecule has 8 nitrogen and oxygen atoms in total. The molecule has 8 heteroatoms. The zero-order chi connectivity index (χ0) is 21.7. The van der Waals surface area contributed by atoms with E-state index in [2.05, 4.69) is 10.3 Å². The molecule has 31 heavy (non-hydrogen) atoms. The number of nitrogens with one attached hydrogen (secondary N) is 1. The van der Waals surface area contributed by atoms with Gasteiger partial charge in [-0.15, -0.1) is 0 Å². The number of nitrogen functional groups attached to an aromatic ring is 1. The summed E-state index contributed by atoms with van der Waals surface area (Å²) in [5.74, 6) is -0.887. The van der Waals surface area contributed by atoms with Gasteiger partial charge in [-0.05, 0) is 36.2 Å². The number of nitrogens with zero attached hydrogens (tertiary/aromatic N) is 3. The normalized spacial score (nSPS) is 18.3. The number of aromatic nitrogens is 2. The Morgan fingerprint density at radius 1 is 1.06 bits per heavy atom. The Bertz CT molecular complexity index is 1230. The van der Waals surface area contributed by atoms with Crippen molar-refractivity contribution in [1.29, 1.82) is 0 Å². The van der Waals surface area contributed by atoms with Gasteiger partial charge in [0.25, 0.3) is 5.91 Å². The van der Waals surface area contributed by atoms with Crippen molar-refractivity contribution in [2.45, 2.75) is 25.4 Å². The molecule has 0 spiro atoms. The van der Waals surface area contributed by atoms with Crippen molar-refractivity contribution in [1.82, 2.24) is 19.8 Å². The SMILES string of the molecule is Cn1cnc(-c2ccc3c(c2)CN(C2CCC(=O)NC2=O)C3=O)c1-c1ccc(N)cc1. The van der Waals surface area contributed by atoms with E-state index in [-0.39, 0.29) is 18.2 Å². The van der Waals surface area contributed by atoms with E-state index >= 15 is 0 Å². The minimum atomic E-state index is -0.624. The molecule has 1 aromatic heterocycles. The smallest absolute Gasteiger partial charge is 0.255 e. The molecule has 0 saturated carbocycles. The molecule has 3 aromatic rings. The van der Waals surface area contributed by atoms with Crippen LogP contribution in [0.25, 0.3) is 22.5 Å². The summed E-state index contributed by atoms with van der Waals surface area (Å²) >= 11 is 0. The number of imide groups is 1. The number of piperidine rings is 1. The van der Waals surface area contributed by atoms with Crippen molar-refractivity contribution in [2.24, 2.45) is 7.05 Å². The molecule has 1 fully saturated rings. The Hall–Kier alpha value is -3.94. The number of fused-ring (bicyclic) bond motifs is 1. The van der Waals surface area contributed by atoms with E-state index in [0.29, 0.717) is 24.2 Å². The van der Waals surface area contributed by atoms with E-state index in [9.17, 15) is 14.4 Å².